The predicted octanol–water partition coefficient (Wildman–Crippen LogP) is 2.58. The van der Waals surface area contributed by atoms with Crippen LogP contribution in [0.15, 0.2) is 40.8 Å². The Kier molecular flexibility index (Phi) is 3.90. The normalized spacial score (nSPS) is 10.3. The van der Waals surface area contributed by atoms with Gasteiger partial charge in [0, 0.05) is 26.3 Å². The monoisotopic (exact) mass is 258 g/mol. The van der Waals surface area contributed by atoms with Gasteiger partial charge in [0.2, 0.25) is 0 Å². The first-order valence-electron chi connectivity index (χ1n) is 6.17. The number of carbonyl (C=O) groups excluding carboxylic acids is 1. The van der Waals surface area contributed by atoms with Crippen LogP contribution in [0.2, 0.25) is 0 Å². The van der Waals surface area contributed by atoms with E-state index >= 15 is 0 Å². The number of hydrogen-bond acceptors (Lipinski definition) is 3. The lowest BCUT2D eigenvalue weighted by molar-refractivity contribution is 0.0922. The summed E-state index contributed by atoms with van der Waals surface area (Å²) in [4.78, 5) is 13.8. The van der Waals surface area contributed by atoms with Crippen LogP contribution < -0.4 is 10.2 Å². The van der Waals surface area contributed by atoms with Crippen molar-refractivity contribution in [2.45, 2.75) is 13.5 Å². The lowest BCUT2D eigenvalue weighted by Gasteiger charge is -2.12. The van der Waals surface area contributed by atoms with Gasteiger partial charge in [0.25, 0.3) is 5.91 Å². The molecule has 1 heterocycles. The Labute approximate surface area is 113 Å². The van der Waals surface area contributed by atoms with Gasteiger partial charge < -0.3 is 14.6 Å². The highest BCUT2D eigenvalue weighted by Crippen LogP contribution is 2.12. The van der Waals surface area contributed by atoms with E-state index in [0.29, 0.717) is 12.3 Å². The van der Waals surface area contributed by atoms with Crippen LogP contribution in [-0.2, 0) is 6.54 Å². The molecule has 0 radical (unpaired) electrons. The number of benzene rings is 1. The van der Waals surface area contributed by atoms with Crippen molar-refractivity contribution in [1.29, 1.82) is 0 Å². The standard InChI is InChI=1S/C15H18N2O2/c1-11-4-9-14(19-11)15(18)16-10-12-5-7-13(8-6-12)17(2)3/h4-9H,10H2,1-3H3,(H,16,18). The molecule has 100 valence electrons. The highest BCUT2D eigenvalue weighted by molar-refractivity contribution is 5.91. The van der Waals surface area contributed by atoms with Crippen molar-refractivity contribution >= 4 is 11.6 Å². The number of nitrogens with zero attached hydrogens (tertiary/aromatic N) is 1. The Morgan fingerprint density at radius 1 is 1.16 bits per heavy atom. The molecule has 4 heteroatoms. The number of aryl methyl sites for hydroxylation is 1. The van der Waals surface area contributed by atoms with Gasteiger partial charge in [0.1, 0.15) is 5.76 Å². The van der Waals surface area contributed by atoms with Crippen molar-refractivity contribution in [3.05, 3.63) is 53.5 Å². The number of furan rings is 1. The second-order valence-corrected chi connectivity index (χ2v) is 4.65. The first-order valence-corrected chi connectivity index (χ1v) is 6.17. The zero-order valence-corrected chi connectivity index (χ0v) is 11.4. The quantitative estimate of drug-likeness (QED) is 0.916. The molecule has 0 saturated carbocycles. The number of nitrogens with one attached hydrogen (secondary N) is 1. The van der Waals surface area contributed by atoms with Gasteiger partial charge in [-0.2, -0.15) is 0 Å². The Balaban J connectivity index is 1.93. The summed E-state index contributed by atoms with van der Waals surface area (Å²) < 4.78 is 5.27. The summed E-state index contributed by atoms with van der Waals surface area (Å²) in [6.45, 7) is 2.31. The molecule has 1 aromatic heterocycles. The summed E-state index contributed by atoms with van der Waals surface area (Å²) in [7, 11) is 3.99. The highest BCUT2D eigenvalue weighted by atomic mass is 16.3. The van der Waals surface area contributed by atoms with Gasteiger partial charge in [-0.05, 0) is 36.8 Å². The van der Waals surface area contributed by atoms with Crippen molar-refractivity contribution in [3.8, 4) is 0 Å². The van der Waals surface area contributed by atoms with Crippen LogP contribution >= 0.6 is 0 Å². The summed E-state index contributed by atoms with van der Waals surface area (Å²) >= 11 is 0. The summed E-state index contributed by atoms with van der Waals surface area (Å²) in [6, 6.07) is 11.5. The van der Waals surface area contributed by atoms with Crippen LogP contribution in [-0.4, -0.2) is 20.0 Å². The predicted molar refractivity (Wildman–Crippen MR) is 75.4 cm³/mol. The molecular formula is C15H18N2O2. The van der Waals surface area contributed by atoms with Gasteiger partial charge in [-0.3, -0.25) is 4.79 Å². The molecule has 1 aromatic carbocycles. The minimum Gasteiger partial charge on any atom is -0.456 e. The Hall–Kier alpha value is -2.23. The summed E-state index contributed by atoms with van der Waals surface area (Å²) in [5.74, 6) is 0.896. The van der Waals surface area contributed by atoms with E-state index in [1.807, 2.05) is 50.2 Å². The maximum Gasteiger partial charge on any atom is 0.287 e. The van der Waals surface area contributed by atoms with Crippen molar-refractivity contribution in [1.82, 2.24) is 5.32 Å². The molecule has 0 unspecified atom stereocenters. The Morgan fingerprint density at radius 2 is 1.84 bits per heavy atom. The zero-order valence-electron chi connectivity index (χ0n) is 11.4. The molecule has 4 nitrogen and oxygen atoms in total. The number of amides is 1. The lowest BCUT2D eigenvalue weighted by Crippen LogP contribution is -2.22. The fourth-order valence-electron chi connectivity index (χ4n) is 1.74. The zero-order chi connectivity index (χ0) is 13.8. The summed E-state index contributed by atoms with van der Waals surface area (Å²) in [5, 5.41) is 2.83. The van der Waals surface area contributed by atoms with Crippen molar-refractivity contribution < 1.29 is 9.21 Å². The highest BCUT2D eigenvalue weighted by Gasteiger charge is 2.09. The van der Waals surface area contributed by atoms with Gasteiger partial charge in [-0.15, -0.1) is 0 Å². The minimum atomic E-state index is -0.190. The van der Waals surface area contributed by atoms with Gasteiger partial charge in [-0.25, -0.2) is 0 Å². The molecule has 0 aliphatic carbocycles. The number of carbonyl (C=O) groups is 1. The van der Waals surface area contributed by atoms with E-state index in [1.165, 1.54) is 0 Å². The van der Waals surface area contributed by atoms with E-state index < -0.39 is 0 Å². The van der Waals surface area contributed by atoms with Crippen LogP contribution in [0.1, 0.15) is 21.9 Å². The topological polar surface area (TPSA) is 45.5 Å². The van der Waals surface area contributed by atoms with E-state index in [2.05, 4.69) is 5.32 Å². The van der Waals surface area contributed by atoms with E-state index in [1.54, 1.807) is 12.1 Å². The van der Waals surface area contributed by atoms with E-state index in [4.69, 9.17) is 4.42 Å². The SMILES string of the molecule is Cc1ccc(C(=O)NCc2ccc(N(C)C)cc2)o1. The van der Waals surface area contributed by atoms with Gasteiger partial charge in [-0.1, -0.05) is 12.1 Å². The Bertz CT molecular complexity index is 556. The Morgan fingerprint density at radius 3 is 2.37 bits per heavy atom. The number of hydrogen-bond donors (Lipinski definition) is 1. The molecule has 0 spiro atoms. The van der Waals surface area contributed by atoms with Crippen molar-refractivity contribution in [2.75, 3.05) is 19.0 Å². The third-order valence-corrected chi connectivity index (χ3v) is 2.87. The summed E-state index contributed by atoms with van der Waals surface area (Å²) in [6.07, 6.45) is 0. The molecule has 19 heavy (non-hydrogen) atoms. The first kappa shape index (κ1) is 13.2. The van der Waals surface area contributed by atoms with Crippen LogP contribution in [0.4, 0.5) is 5.69 Å². The molecule has 0 fully saturated rings. The molecule has 0 bridgehead atoms. The molecule has 2 rings (SSSR count). The third kappa shape index (κ3) is 3.37. The fourth-order valence-corrected chi connectivity index (χ4v) is 1.74. The van der Waals surface area contributed by atoms with E-state index in [-0.39, 0.29) is 5.91 Å². The average Bonchev–Trinajstić information content (AvgIpc) is 2.83. The van der Waals surface area contributed by atoms with Crippen molar-refractivity contribution in [3.63, 3.8) is 0 Å². The molecule has 0 aliphatic heterocycles. The molecule has 0 atom stereocenters. The maximum absolute atomic E-state index is 11.8. The van der Waals surface area contributed by atoms with E-state index in [0.717, 1.165) is 17.0 Å². The third-order valence-electron chi connectivity index (χ3n) is 2.87. The maximum atomic E-state index is 11.8. The number of anilines is 1. The number of rotatable bonds is 4. The largest absolute Gasteiger partial charge is 0.456 e. The van der Waals surface area contributed by atoms with Gasteiger partial charge >= 0.3 is 0 Å². The molecule has 0 aliphatic rings. The second kappa shape index (κ2) is 5.61. The molecule has 1 amide bonds. The van der Waals surface area contributed by atoms with Crippen molar-refractivity contribution in [2.24, 2.45) is 0 Å². The molecule has 0 saturated heterocycles. The molecular weight excluding hydrogens is 240 g/mol. The van der Waals surface area contributed by atoms with Crippen LogP contribution in [0.3, 0.4) is 0 Å². The molecule has 2 aromatic rings. The van der Waals surface area contributed by atoms with Gasteiger partial charge in [0.05, 0.1) is 0 Å². The lowest BCUT2D eigenvalue weighted by atomic mass is 10.2. The smallest absolute Gasteiger partial charge is 0.287 e. The molecule has 1 N–H and O–H groups in total. The first-order chi connectivity index (χ1) is 9.06. The van der Waals surface area contributed by atoms with Crippen LogP contribution in [0, 0.1) is 6.92 Å². The fraction of sp³-hybridized carbons (Fsp3) is 0.267. The van der Waals surface area contributed by atoms with Crippen LogP contribution in [0.25, 0.3) is 0 Å². The van der Waals surface area contributed by atoms with Gasteiger partial charge in [0.15, 0.2) is 5.76 Å². The van der Waals surface area contributed by atoms with E-state index in [9.17, 15) is 4.79 Å². The van der Waals surface area contributed by atoms with Crippen LogP contribution in [0.5, 0.6) is 0 Å². The summed E-state index contributed by atoms with van der Waals surface area (Å²) in [5.41, 5.74) is 2.19. The second-order valence-electron chi connectivity index (χ2n) is 4.65. The average molecular weight is 258 g/mol. The minimum absolute atomic E-state index is 0.190.